The molecule has 1 saturated carbocycles. The third kappa shape index (κ3) is 3.69. The van der Waals surface area contributed by atoms with Gasteiger partial charge in [0.2, 0.25) is 5.88 Å². The Morgan fingerprint density at radius 2 is 1.93 bits per heavy atom. The summed E-state index contributed by atoms with van der Waals surface area (Å²) in [4.78, 5) is 25.5. The second-order valence-corrected chi connectivity index (χ2v) is 8.21. The van der Waals surface area contributed by atoms with Crippen molar-refractivity contribution in [3.8, 4) is 5.88 Å². The molecule has 1 amide bonds. The van der Waals surface area contributed by atoms with Gasteiger partial charge in [0.15, 0.2) is 5.69 Å². The molecule has 3 aromatic rings. The summed E-state index contributed by atoms with van der Waals surface area (Å²) in [5.41, 5.74) is 2.36. The third-order valence-electron chi connectivity index (χ3n) is 5.59. The van der Waals surface area contributed by atoms with Gasteiger partial charge in [0.1, 0.15) is 12.1 Å². The van der Waals surface area contributed by atoms with E-state index in [1.807, 2.05) is 30.9 Å². The summed E-state index contributed by atoms with van der Waals surface area (Å²) in [6, 6.07) is 7.94. The van der Waals surface area contributed by atoms with Crippen molar-refractivity contribution in [1.82, 2.24) is 20.0 Å². The molecule has 1 aromatic carbocycles. The highest BCUT2D eigenvalue weighted by molar-refractivity contribution is 5.92. The number of benzene rings is 1. The Bertz CT molecular complexity index is 1070. The number of amides is 1. The lowest BCUT2D eigenvalue weighted by Gasteiger charge is -2.35. The predicted molar refractivity (Wildman–Crippen MR) is 112 cm³/mol. The van der Waals surface area contributed by atoms with Crippen molar-refractivity contribution in [1.29, 1.82) is 0 Å². The number of hydrogen-bond acceptors (Lipinski definition) is 7. The average molecular weight is 407 g/mol. The topological polar surface area (TPSA) is 84.6 Å². The zero-order chi connectivity index (χ0) is 20.7. The van der Waals surface area contributed by atoms with Crippen molar-refractivity contribution in [2.24, 2.45) is 0 Å². The second kappa shape index (κ2) is 7.59. The first-order valence-corrected chi connectivity index (χ1v) is 10.5. The standard InChI is InChI=1S/C22H25N5O3/c1-14(2)29-21-17-11-16(5-6-18(17)23-13-24-21)26-7-9-27(10-8-26)22(28)19-12-20(30-25-19)15-3-4-15/h5-6,11-15H,3-4,7-10H2,1-2H3. The maximum Gasteiger partial charge on any atom is 0.276 e. The average Bonchev–Trinajstić information content (AvgIpc) is 3.49. The van der Waals surface area contributed by atoms with Crippen LogP contribution in [-0.4, -0.2) is 58.2 Å². The lowest BCUT2D eigenvalue weighted by atomic mass is 10.1. The summed E-state index contributed by atoms with van der Waals surface area (Å²) in [6.07, 6.45) is 3.82. The molecule has 2 aromatic heterocycles. The first-order chi connectivity index (χ1) is 14.6. The Kier molecular flexibility index (Phi) is 4.77. The van der Waals surface area contributed by atoms with E-state index < -0.39 is 0 Å². The second-order valence-electron chi connectivity index (χ2n) is 8.21. The van der Waals surface area contributed by atoms with Crippen molar-refractivity contribution in [3.05, 3.63) is 42.0 Å². The number of carbonyl (C=O) groups is 1. The Hall–Kier alpha value is -3.16. The van der Waals surface area contributed by atoms with Crippen LogP contribution < -0.4 is 9.64 Å². The van der Waals surface area contributed by atoms with E-state index in [9.17, 15) is 4.79 Å². The van der Waals surface area contributed by atoms with Gasteiger partial charge in [-0.2, -0.15) is 0 Å². The normalized spacial score (nSPS) is 17.0. The number of aromatic nitrogens is 3. The Morgan fingerprint density at radius 1 is 1.13 bits per heavy atom. The van der Waals surface area contributed by atoms with E-state index in [1.54, 1.807) is 0 Å². The summed E-state index contributed by atoms with van der Waals surface area (Å²) in [5, 5.41) is 4.89. The van der Waals surface area contributed by atoms with Crippen LogP contribution in [0, 0.1) is 0 Å². The first-order valence-electron chi connectivity index (χ1n) is 10.5. The third-order valence-corrected chi connectivity index (χ3v) is 5.59. The van der Waals surface area contributed by atoms with Crippen molar-refractivity contribution < 1.29 is 14.1 Å². The van der Waals surface area contributed by atoms with Gasteiger partial charge in [-0.05, 0) is 44.9 Å². The summed E-state index contributed by atoms with van der Waals surface area (Å²) < 4.78 is 11.2. The number of anilines is 1. The van der Waals surface area contributed by atoms with E-state index in [1.165, 1.54) is 6.33 Å². The van der Waals surface area contributed by atoms with E-state index in [4.69, 9.17) is 9.26 Å². The molecule has 8 nitrogen and oxygen atoms in total. The molecule has 156 valence electrons. The van der Waals surface area contributed by atoms with Crippen molar-refractivity contribution in [2.45, 2.75) is 38.7 Å². The van der Waals surface area contributed by atoms with Crippen LogP contribution in [0.2, 0.25) is 0 Å². The minimum atomic E-state index is -0.0511. The van der Waals surface area contributed by atoms with Crippen LogP contribution in [0.25, 0.3) is 10.9 Å². The number of piperazine rings is 1. The molecular formula is C22H25N5O3. The van der Waals surface area contributed by atoms with Crippen molar-refractivity contribution >= 4 is 22.5 Å². The maximum absolute atomic E-state index is 12.8. The lowest BCUT2D eigenvalue weighted by molar-refractivity contribution is 0.0736. The fourth-order valence-corrected chi connectivity index (χ4v) is 3.81. The molecule has 8 heteroatoms. The molecule has 3 heterocycles. The van der Waals surface area contributed by atoms with E-state index >= 15 is 0 Å². The fraction of sp³-hybridized carbons (Fsp3) is 0.455. The monoisotopic (exact) mass is 407 g/mol. The van der Waals surface area contributed by atoms with Crippen LogP contribution in [0.15, 0.2) is 35.1 Å². The minimum absolute atomic E-state index is 0.0401. The lowest BCUT2D eigenvalue weighted by Crippen LogP contribution is -2.48. The number of ether oxygens (including phenoxy) is 1. The Morgan fingerprint density at radius 3 is 2.67 bits per heavy atom. The van der Waals surface area contributed by atoms with Gasteiger partial charge in [0, 0.05) is 43.9 Å². The molecule has 0 bridgehead atoms. The summed E-state index contributed by atoms with van der Waals surface area (Å²) >= 11 is 0. The maximum atomic E-state index is 12.8. The van der Waals surface area contributed by atoms with E-state index in [-0.39, 0.29) is 12.0 Å². The first kappa shape index (κ1) is 18.8. The minimum Gasteiger partial charge on any atom is -0.474 e. The Balaban J connectivity index is 1.28. The number of rotatable bonds is 5. The molecule has 2 aliphatic rings. The zero-order valence-corrected chi connectivity index (χ0v) is 17.2. The van der Waals surface area contributed by atoms with E-state index in [2.05, 4.69) is 32.2 Å². The fourth-order valence-electron chi connectivity index (χ4n) is 3.81. The van der Waals surface area contributed by atoms with Crippen LogP contribution in [0.1, 0.15) is 48.9 Å². The molecular weight excluding hydrogens is 382 g/mol. The van der Waals surface area contributed by atoms with Gasteiger partial charge < -0.3 is 19.1 Å². The quantitative estimate of drug-likeness (QED) is 0.642. The predicted octanol–water partition coefficient (Wildman–Crippen LogP) is 3.24. The summed E-state index contributed by atoms with van der Waals surface area (Å²) in [5.74, 6) is 1.85. The van der Waals surface area contributed by atoms with Gasteiger partial charge in [0.05, 0.1) is 17.0 Å². The highest BCUT2D eigenvalue weighted by Crippen LogP contribution is 2.40. The number of fused-ring (bicyclic) bond motifs is 1. The van der Waals surface area contributed by atoms with Crippen LogP contribution >= 0.6 is 0 Å². The molecule has 1 aliphatic carbocycles. The van der Waals surface area contributed by atoms with Crippen LogP contribution in [-0.2, 0) is 0 Å². The molecule has 0 radical (unpaired) electrons. The smallest absolute Gasteiger partial charge is 0.276 e. The number of nitrogens with zero attached hydrogens (tertiary/aromatic N) is 5. The highest BCUT2D eigenvalue weighted by Gasteiger charge is 2.30. The molecule has 1 aliphatic heterocycles. The largest absolute Gasteiger partial charge is 0.474 e. The summed E-state index contributed by atoms with van der Waals surface area (Å²) in [6.45, 7) is 6.75. The Labute approximate surface area is 174 Å². The van der Waals surface area contributed by atoms with Gasteiger partial charge >= 0.3 is 0 Å². The van der Waals surface area contributed by atoms with E-state index in [0.717, 1.165) is 48.3 Å². The number of hydrogen-bond donors (Lipinski definition) is 0. The number of carbonyl (C=O) groups excluding carboxylic acids is 1. The van der Waals surface area contributed by atoms with Gasteiger partial charge in [-0.3, -0.25) is 4.79 Å². The van der Waals surface area contributed by atoms with Crippen LogP contribution in [0.5, 0.6) is 5.88 Å². The molecule has 0 spiro atoms. The van der Waals surface area contributed by atoms with Gasteiger partial charge in [-0.1, -0.05) is 5.16 Å². The molecule has 5 rings (SSSR count). The molecule has 0 atom stereocenters. The van der Waals surface area contributed by atoms with Crippen molar-refractivity contribution in [2.75, 3.05) is 31.1 Å². The SMILES string of the molecule is CC(C)Oc1ncnc2ccc(N3CCN(C(=O)c4cc(C5CC5)on4)CC3)cc12. The van der Waals surface area contributed by atoms with Gasteiger partial charge in [-0.25, -0.2) is 9.97 Å². The van der Waals surface area contributed by atoms with Crippen LogP contribution in [0.3, 0.4) is 0 Å². The molecule has 1 saturated heterocycles. The van der Waals surface area contributed by atoms with Crippen LogP contribution in [0.4, 0.5) is 5.69 Å². The summed E-state index contributed by atoms with van der Waals surface area (Å²) in [7, 11) is 0. The molecule has 30 heavy (non-hydrogen) atoms. The molecule has 2 fully saturated rings. The molecule has 0 N–H and O–H groups in total. The van der Waals surface area contributed by atoms with Gasteiger partial charge in [-0.15, -0.1) is 0 Å². The highest BCUT2D eigenvalue weighted by atomic mass is 16.5. The molecule has 0 unspecified atom stereocenters. The van der Waals surface area contributed by atoms with Crippen molar-refractivity contribution in [3.63, 3.8) is 0 Å². The zero-order valence-electron chi connectivity index (χ0n) is 17.2. The van der Waals surface area contributed by atoms with Gasteiger partial charge in [0.25, 0.3) is 5.91 Å². The van der Waals surface area contributed by atoms with E-state index in [0.29, 0.717) is 30.6 Å².